The molecule has 4 N–H and O–H groups in total. The molecule has 0 aliphatic carbocycles. The third-order valence-electron chi connectivity index (χ3n) is 2.56. The van der Waals surface area contributed by atoms with Crippen molar-refractivity contribution in [2.24, 2.45) is 5.92 Å². The molecule has 15 heavy (non-hydrogen) atoms. The highest BCUT2D eigenvalue weighted by Gasteiger charge is 2.42. The maximum absolute atomic E-state index is 9.63. The molecule has 1 saturated heterocycles. The monoisotopic (exact) mass is 222 g/mol. The molecule has 0 radical (unpaired) electrons. The van der Waals surface area contributed by atoms with Gasteiger partial charge in [0.25, 0.3) is 0 Å². The molecule has 6 nitrogen and oxygen atoms in total. The van der Waals surface area contributed by atoms with E-state index in [4.69, 9.17) is 19.7 Å². The van der Waals surface area contributed by atoms with Crippen molar-refractivity contribution in [2.45, 2.75) is 31.5 Å². The van der Waals surface area contributed by atoms with Gasteiger partial charge >= 0.3 is 0 Å². The molecular weight excluding hydrogens is 204 g/mol. The average Bonchev–Trinajstić information content (AvgIpc) is 2.25. The van der Waals surface area contributed by atoms with E-state index in [1.807, 2.05) is 0 Å². The third-order valence-corrected chi connectivity index (χ3v) is 2.56. The topological polar surface area (TPSA) is 99.4 Å². The van der Waals surface area contributed by atoms with Crippen LogP contribution in [0.3, 0.4) is 0 Å². The highest BCUT2D eigenvalue weighted by atomic mass is 16.7. The molecule has 0 aromatic carbocycles. The van der Waals surface area contributed by atoms with Crippen molar-refractivity contribution < 1.29 is 29.9 Å². The maximum Gasteiger partial charge on any atom is 0.163 e. The third kappa shape index (κ3) is 2.87. The van der Waals surface area contributed by atoms with Gasteiger partial charge in [0.15, 0.2) is 6.29 Å². The second-order valence-corrected chi connectivity index (χ2v) is 3.66. The minimum Gasteiger partial charge on any atom is -0.394 e. The summed E-state index contributed by atoms with van der Waals surface area (Å²) < 4.78 is 10.4. The summed E-state index contributed by atoms with van der Waals surface area (Å²) in [5.41, 5.74) is 0. The first-order chi connectivity index (χ1) is 7.11. The van der Waals surface area contributed by atoms with Crippen molar-refractivity contribution in [1.29, 1.82) is 0 Å². The van der Waals surface area contributed by atoms with Gasteiger partial charge in [-0.2, -0.15) is 0 Å². The minimum absolute atomic E-state index is 0.0932. The molecule has 1 aliphatic rings. The van der Waals surface area contributed by atoms with Gasteiger partial charge in [0.1, 0.15) is 12.2 Å². The molecule has 1 fully saturated rings. The summed E-state index contributed by atoms with van der Waals surface area (Å²) in [6.45, 7) is 1.23. The zero-order valence-corrected chi connectivity index (χ0v) is 8.61. The van der Waals surface area contributed by atoms with Crippen molar-refractivity contribution in [3.63, 3.8) is 0 Å². The molecule has 1 aliphatic heterocycles. The fraction of sp³-hybridized carbons (Fsp3) is 1.00. The summed E-state index contributed by atoms with van der Waals surface area (Å²) in [5.74, 6) is -0.408. The van der Waals surface area contributed by atoms with Crippen LogP contribution in [0.15, 0.2) is 0 Å². The lowest BCUT2D eigenvalue weighted by Gasteiger charge is -2.40. The number of aliphatic hydroxyl groups is 4. The van der Waals surface area contributed by atoms with Crippen LogP contribution in [0, 0.1) is 5.92 Å². The van der Waals surface area contributed by atoms with Crippen LogP contribution in [0.25, 0.3) is 0 Å². The van der Waals surface area contributed by atoms with Gasteiger partial charge in [-0.25, -0.2) is 0 Å². The zero-order chi connectivity index (χ0) is 11.4. The molecule has 1 heterocycles. The van der Waals surface area contributed by atoms with Crippen LogP contribution in [0.4, 0.5) is 0 Å². The van der Waals surface area contributed by atoms with E-state index < -0.39 is 30.5 Å². The highest BCUT2D eigenvalue weighted by Crippen LogP contribution is 2.26. The Morgan fingerprint density at radius 1 is 1.20 bits per heavy atom. The summed E-state index contributed by atoms with van der Waals surface area (Å²) in [6.07, 6.45) is -3.67. The first kappa shape index (κ1) is 12.8. The number of hydrogen-bond donors (Lipinski definition) is 4. The van der Waals surface area contributed by atoms with Crippen LogP contribution < -0.4 is 0 Å². The molecule has 5 unspecified atom stereocenters. The van der Waals surface area contributed by atoms with Gasteiger partial charge in [0.2, 0.25) is 0 Å². The SMILES string of the molecule is CC1C(OCCO)OC(CO)C(O)C1O. The fourth-order valence-electron chi connectivity index (χ4n) is 1.58. The van der Waals surface area contributed by atoms with E-state index in [-0.39, 0.29) is 19.8 Å². The number of ether oxygens (including phenoxy) is 2. The summed E-state index contributed by atoms with van der Waals surface area (Å²) in [6, 6.07) is 0. The minimum atomic E-state index is -1.11. The number of rotatable bonds is 4. The predicted octanol–water partition coefficient (Wildman–Crippen LogP) is -1.93. The van der Waals surface area contributed by atoms with Crippen molar-refractivity contribution in [2.75, 3.05) is 19.8 Å². The second-order valence-electron chi connectivity index (χ2n) is 3.66. The summed E-state index contributed by atoms with van der Waals surface area (Å²) in [5, 5.41) is 36.6. The van der Waals surface area contributed by atoms with Gasteiger partial charge in [-0.05, 0) is 0 Å². The maximum atomic E-state index is 9.63. The van der Waals surface area contributed by atoms with E-state index in [2.05, 4.69) is 0 Å². The van der Waals surface area contributed by atoms with E-state index in [0.29, 0.717) is 0 Å². The Kier molecular flexibility index (Phi) is 4.91. The average molecular weight is 222 g/mol. The lowest BCUT2D eigenvalue weighted by Crippen LogP contribution is -2.55. The van der Waals surface area contributed by atoms with Gasteiger partial charge in [-0.1, -0.05) is 6.92 Å². The van der Waals surface area contributed by atoms with Crippen LogP contribution in [0.2, 0.25) is 0 Å². The van der Waals surface area contributed by atoms with Crippen LogP contribution in [0.1, 0.15) is 6.92 Å². The van der Waals surface area contributed by atoms with E-state index in [1.165, 1.54) is 0 Å². The molecule has 0 saturated carbocycles. The van der Waals surface area contributed by atoms with Gasteiger partial charge in [0.05, 0.1) is 25.9 Å². The normalized spacial score (nSPS) is 41.8. The molecule has 6 heteroatoms. The Labute approximate surface area is 88.1 Å². The predicted molar refractivity (Wildman–Crippen MR) is 50.0 cm³/mol. The Morgan fingerprint density at radius 2 is 1.87 bits per heavy atom. The summed E-state index contributed by atoms with van der Waals surface area (Å²) in [7, 11) is 0. The van der Waals surface area contributed by atoms with Gasteiger partial charge < -0.3 is 29.9 Å². The molecule has 5 atom stereocenters. The number of hydrogen-bond acceptors (Lipinski definition) is 6. The Hall–Kier alpha value is -0.240. The molecule has 90 valence electrons. The molecular formula is C9H18O6. The van der Waals surface area contributed by atoms with Crippen molar-refractivity contribution in [1.82, 2.24) is 0 Å². The van der Waals surface area contributed by atoms with Crippen LogP contribution in [-0.4, -0.2) is 64.8 Å². The fourth-order valence-corrected chi connectivity index (χ4v) is 1.58. The highest BCUT2D eigenvalue weighted by molar-refractivity contribution is 4.86. The van der Waals surface area contributed by atoms with E-state index in [9.17, 15) is 10.2 Å². The second kappa shape index (κ2) is 5.74. The largest absolute Gasteiger partial charge is 0.394 e. The molecule has 0 aromatic rings. The Morgan fingerprint density at radius 3 is 2.40 bits per heavy atom. The zero-order valence-electron chi connectivity index (χ0n) is 8.61. The van der Waals surface area contributed by atoms with Crippen molar-refractivity contribution in [3.8, 4) is 0 Å². The number of aliphatic hydroxyl groups excluding tert-OH is 4. The first-order valence-corrected chi connectivity index (χ1v) is 4.96. The summed E-state index contributed by atoms with van der Waals surface area (Å²) >= 11 is 0. The standard InChI is InChI=1S/C9H18O6/c1-5-7(12)8(13)6(4-11)15-9(5)14-3-2-10/h5-13H,2-4H2,1H3. The van der Waals surface area contributed by atoms with E-state index in [0.717, 1.165) is 0 Å². The molecule has 0 aromatic heterocycles. The molecule has 0 bridgehead atoms. The lowest BCUT2D eigenvalue weighted by molar-refractivity contribution is -0.283. The Balaban J connectivity index is 2.57. The lowest BCUT2D eigenvalue weighted by atomic mass is 9.92. The van der Waals surface area contributed by atoms with Gasteiger partial charge in [0, 0.05) is 5.92 Å². The Bertz CT molecular complexity index is 185. The van der Waals surface area contributed by atoms with Crippen molar-refractivity contribution in [3.05, 3.63) is 0 Å². The molecule has 0 spiro atoms. The molecule has 0 amide bonds. The van der Waals surface area contributed by atoms with E-state index in [1.54, 1.807) is 6.92 Å². The quantitative estimate of drug-likeness (QED) is 0.442. The summed E-state index contributed by atoms with van der Waals surface area (Å²) in [4.78, 5) is 0. The smallest absolute Gasteiger partial charge is 0.163 e. The molecule has 1 rings (SSSR count). The van der Waals surface area contributed by atoms with Crippen LogP contribution in [-0.2, 0) is 9.47 Å². The van der Waals surface area contributed by atoms with Gasteiger partial charge in [-0.15, -0.1) is 0 Å². The van der Waals surface area contributed by atoms with E-state index >= 15 is 0 Å². The first-order valence-electron chi connectivity index (χ1n) is 4.96. The van der Waals surface area contributed by atoms with Crippen LogP contribution >= 0.6 is 0 Å². The van der Waals surface area contributed by atoms with Gasteiger partial charge in [-0.3, -0.25) is 0 Å². The van der Waals surface area contributed by atoms with Crippen LogP contribution in [0.5, 0.6) is 0 Å². The van der Waals surface area contributed by atoms with Crippen molar-refractivity contribution >= 4 is 0 Å².